The molecular weight excluding hydrogens is 318 g/mol. The van der Waals surface area contributed by atoms with Crippen molar-refractivity contribution in [3.05, 3.63) is 0 Å². The molecule has 2 rings (SSSR count). The maximum absolute atomic E-state index is 12.9. The first-order valence-corrected chi connectivity index (χ1v) is 8.19. The molecule has 1 aliphatic carbocycles. The van der Waals surface area contributed by atoms with Gasteiger partial charge in [0.05, 0.1) is 6.10 Å². The van der Waals surface area contributed by atoms with Gasteiger partial charge < -0.3 is 20.7 Å². The second-order valence-electron chi connectivity index (χ2n) is 7.13. The van der Waals surface area contributed by atoms with Gasteiger partial charge in [0.1, 0.15) is 5.54 Å². The first kappa shape index (κ1) is 20.2. The minimum atomic E-state index is -0.870. The third kappa shape index (κ3) is 3.64. The van der Waals surface area contributed by atoms with Crippen molar-refractivity contribution >= 4 is 24.2 Å². The molecule has 0 radical (unpaired) electrons. The van der Waals surface area contributed by atoms with E-state index in [2.05, 4.69) is 5.32 Å². The Morgan fingerprint density at radius 3 is 2.57 bits per heavy atom. The normalized spacial score (nSPS) is 32.5. The van der Waals surface area contributed by atoms with Crippen LogP contribution in [0.2, 0.25) is 0 Å². The van der Waals surface area contributed by atoms with E-state index in [0.29, 0.717) is 26.1 Å². The number of likely N-dealkylation sites (tertiary alicyclic amines) is 1. The maximum Gasteiger partial charge on any atom is 0.243 e. The van der Waals surface area contributed by atoms with Crippen molar-refractivity contribution in [2.45, 2.75) is 64.6 Å². The highest BCUT2D eigenvalue weighted by Gasteiger charge is 2.63. The van der Waals surface area contributed by atoms with Gasteiger partial charge in [-0.15, -0.1) is 12.4 Å². The predicted octanol–water partition coefficient (Wildman–Crippen LogP) is 1.07. The van der Waals surface area contributed by atoms with Crippen molar-refractivity contribution in [3.63, 3.8) is 0 Å². The van der Waals surface area contributed by atoms with Crippen LogP contribution in [0.1, 0.15) is 47.0 Å². The van der Waals surface area contributed by atoms with Crippen LogP contribution in [0.4, 0.5) is 0 Å². The number of hydrogen-bond acceptors (Lipinski definition) is 4. The Hall–Kier alpha value is -0.850. The number of carbonyl (C=O) groups is 2. The summed E-state index contributed by atoms with van der Waals surface area (Å²) in [6.45, 7) is 9.36. The van der Waals surface area contributed by atoms with Gasteiger partial charge in [-0.1, -0.05) is 13.8 Å². The Bertz CT molecular complexity index is 458. The summed E-state index contributed by atoms with van der Waals surface area (Å²) in [5, 5.41) is 2.91. The van der Waals surface area contributed by atoms with Crippen LogP contribution in [0.15, 0.2) is 0 Å². The number of amides is 2. The summed E-state index contributed by atoms with van der Waals surface area (Å²) in [4.78, 5) is 26.0. The number of nitrogens with zero attached hydrogens (tertiary/aromatic N) is 1. The lowest BCUT2D eigenvalue weighted by atomic mass is 9.54. The van der Waals surface area contributed by atoms with E-state index in [1.54, 1.807) is 0 Å². The summed E-state index contributed by atoms with van der Waals surface area (Å²) in [5.74, 6) is -0.0642. The molecule has 134 valence electrons. The molecule has 3 N–H and O–H groups in total. The average molecular weight is 348 g/mol. The van der Waals surface area contributed by atoms with E-state index in [1.807, 2.05) is 25.7 Å². The number of hydrogen-bond donors (Lipinski definition) is 2. The number of halogens is 1. The summed E-state index contributed by atoms with van der Waals surface area (Å²) < 4.78 is 5.69. The number of nitrogens with two attached hydrogens (primary N) is 1. The number of carbonyl (C=O) groups excluding carboxylic acids is 2. The van der Waals surface area contributed by atoms with Crippen LogP contribution in [0.5, 0.6) is 0 Å². The molecule has 3 unspecified atom stereocenters. The molecule has 2 aliphatic rings. The highest BCUT2D eigenvalue weighted by Crippen LogP contribution is 2.50. The fourth-order valence-corrected chi connectivity index (χ4v) is 3.65. The summed E-state index contributed by atoms with van der Waals surface area (Å²) in [6, 6.07) is 0.0321. The second-order valence-corrected chi connectivity index (χ2v) is 7.13. The third-order valence-electron chi connectivity index (χ3n) is 5.33. The van der Waals surface area contributed by atoms with Crippen LogP contribution in [0.3, 0.4) is 0 Å². The molecule has 2 fully saturated rings. The summed E-state index contributed by atoms with van der Waals surface area (Å²) in [7, 11) is 0. The number of nitrogens with one attached hydrogen (secondary N) is 1. The highest BCUT2D eigenvalue weighted by atomic mass is 35.5. The van der Waals surface area contributed by atoms with Gasteiger partial charge >= 0.3 is 0 Å². The van der Waals surface area contributed by atoms with E-state index in [1.165, 1.54) is 6.92 Å². The Balaban J connectivity index is 0.00000264. The first-order valence-electron chi connectivity index (χ1n) is 8.19. The van der Waals surface area contributed by atoms with Crippen LogP contribution >= 0.6 is 12.4 Å². The van der Waals surface area contributed by atoms with Gasteiger partial charge in [0, 0.05) is 44.5 Å². The second kappa shape index (κ2) is 7.36. The number of ether oxygens (including phenoxy) is 1. The fourth-order valence-electron chi connectivity index (χ4n) is 3.65. The maximum atomic E-state index is 12.9. The molecule has 1 aliphatic heterocycles. The van der Waals surface area contributed by atoms with Crippen LogP contribution in [0.25, 0.3) is 0 Å². The lowest BCUT2D eigenvalue weighted by Gasteiger charge is -2.59. The summed E-state index contributed by atoms with van der Waals surface area (Å²) in [6.07, 6.45) is 2.39. The Morgan fingerprint density at radius 2 is 2.04 bits per heavy atom. The van der Waals surface area contributed by atoms with Gasteiger partial charge in [0.25, 0.3) is 0 Å². The SMILES string of the molecule is CCOC1CC(N)(C(=O)N2CCCC(NC(C)=O)C2)C1(C)C.Cl. The van der Waals surface area contributed by atoms with E-state index >= 15 is 0 Å². The van der Waals surface area contributed by atoms with E-state index in [9.17, 15) is 9.59 Å². The molecule has 0 spiro atoms. The molecule has 2 amide bonds. The fraction of sp³-hybridized carbons (Fsp3) is 0.875. The van der Waals surface area contributed by atoms with E-state index in [-0.39, 0.29) is 41.8 Å². The molecule has 3 atom stereocenters. The Morgan fingerprint density at radius 1 is 1.39 bits per heavy atom. The van der Waals surface area contributed by atoms with Crippen LogP contribution < -0.4 is 11.1 Å². The summed E-state index contributed by atoms with van der Waals surface area (Å²) >= 11 is 0. The van der Waals surface area contributed by atoms with Gasteiger partial charge in [-0.05, 0) is 19.8 Å². The van der Waals surface area contributed by atoms with Crippen LogP contribution in [0, 0.1) is 5.41 Å². The molecule has 6 nitrogen and oxygen atoms in total. The molecule has 1 heterocycles. The summed E-state index contributed by atoms with van der Waals surface area (Å²) in [5.41, 5.74) is 5.22. The minimum Gasteiger partial charge on any atom is -0.378 e. The lowest BCUT2D eigenvalue weighted by molar-refractivity contribution is -0.180. The van der Waals surface area contributed by atoms with Gasteiger partial charge in [-0.2, -0.15) is 0 Å². The van der Waals surface area contributed by atoms with Crippen LogP contribution in [-0.2, 0) is 14.3 Å². The third-order valence-corrected chi connectivity index (χ3v) is 5.33. The Kier molecular flexibility index (Phi) is 6.47. The van der Waals surface area contributed by atoms with Crippen molar-refractivity contribution in [2.75, 3.05) is 19.7 Å². The molecular formula is C16H30ClN3O3. The van der Waals surface area contributed by atoms with Crippen LogP contribution in [-0.4, -0.2) is 54.1 Å². The zero-order valence-corrected chi connectivity index (χ0v) is 15.4. The zero-order valence-electron chi connectivity index (χ0n) is 14.6. The average Bonchev–Trinajstić information content (AvgIpc) is 2.45. The largest absolute Gasteiger partial charge is 0.378 e. The van der Waals surface area contributed by atoms with Gasteiger partial charge in [0.15, 0.2) is 0 Å². The molecule has 0 bridgehead atoms. The standard InChI is InChI=1S/C16H29N3O3.ClH/c1-5-22-13-9-16(17,15(13,3)4)14(21)19-8-6-7-12(10-19)18-11(2)20;/h12-13H,5-10,17H2,1-4H3,(H,18,20);1H. The molecule has 23 heavy (non-hydrogen) atoms. The van der Waals surface area contributed by atoms with Gasteiger partial charge in [-0.3, -0.25) is 9.59 Å². The van der Waals surface area contributed by atoms with E-state index in [4.69, 9.17) is 10.5 Å². The van der Waals surface area contributed by atoms with Crippen molar-refractivity contribution in [3.8, 4) is 0 Å². The van der Waals surface area contributed by atoms with Crippen molar-refractivity contribution in [2.24, 2.45) is 11.1 Å². The molecule has 0 aromatic heterocycles. The topological polar surface area (TPSA) is 84.7 Å². The van der Waals surface area contributed by atoms with Gasteiger partial charge in [0.2, 0.25) is 11.8 Å². The van der Waals surface area contributed by atoms with Crippen molar-refractivity contribution < 1.29 is 14.3 Å². The molecule has 7 heteroatoms. The smallest absolute Gasteiger partial charge is 0.243 e. The minimum absolute atomic E-state index is 0. The number of piperidine rings is 1. The van der Waals surface area contributed by atoms with Crippen molar-refractivity contribution in [1.29, 1.82) is 0 Å². The monoisotopic (exact) mass is 347 g/mol. The quantitative estimate of drug-likeness (QED) is 0.796. The molecule has 0 aromatic carbocycles. The van der Waals surface area contributed by atoms with Crippen molar-refractivity contribution in [1.82, 2.24) is 10.2 Å². The molecule has 1 saturated carbocycles. The predicted molar refractivity (Wildman–Crippen MR) is 91.4 cm³/mol. The first-order chi connectivity index (χ1) is 10.2. The van der Waals surface area contributed by atoms with Gasteiger partial charge in [-0.25, -0.2) is 0 Å². The van der Waals surface area contributed by atoms with E-state index < -0.39 is 5.54 Å². The highest BCUT2D eigenvalue weighted by molar-refractivity contribution is 5.89. The lowest BCUT2D eigenvalue weighted by Crippen LogP contribution is -2.76. The molecule has 0 aromatic rings. The zero-order chi connectivity index (χ0) is 16.5. The Labute approximate surface area is 144 Å². The number of rotatable bonds is 4. The van der Waals surface area contributed by atoms with E-state index in [0.717, 1.165) is 12.8 Å². The molecule has 1 saturated heterocycles.